The van der Waals surface area contributed by atoms with E-state index < -0.39 is 0 Å². The second kappa shape index (κ2) is 2.92. The van der Waals surface area contributed by atoms with Crippen LogP contribution >= 0.6 is 0 Å². The monoisotopic (exact) mass is 141 g/mol. The van der Waals surface area contributed by atoms with E-state index in [1.807, 2.05) is 12.4 Å². The van der Waals surface area contributed by atoms with E-state index in [0.717, 1.165) is 13.1 Å². The molecular weight excluding hydrogens is 126 g/mol. The van der Waals surface area contributed by atoms with Gasteiger partial charge in [0.1, 0.15) is 0 Å². The van der Waals surface area contributed by atoms with Gasteiger partial charge in [-0.3, -0.25) is 5.73 Å². The largest absolute Gasteiger partial charge is 0.344 e. The Balaban J connectivity index is 2.49. The van der Waals surface area contributed by atoms with Crippen LogP contribution < -0.4 is 5.73 Å². The zero-order chi connectivity index (χ0) is 7.56. The van der Waals surface area contributed by atoms with E-state index in [0.29, 0.717) is 0 Å². The van der Waals surface area contributed by atoms with Crippen molar-refractivity contribution in [3.63, 3.8) is 0 Å². The normalized spacial score (nSPS) is 19.1. The number of rotatable bonds is 2. The van der Waals surface area contributed by atoms with Crippen LogP contribution in [-0.2, 0) is 0 Å². The lowest BCUT2D eigenvalue weighted by Gasteiger charge is -2.27. The molecule has 0 fully saturated rings. The van der Waals surface area contributed by atoms with Crippen molar-refractivity contribution in [1.82, 2.24) is 9.80 Å². The topological polar surface area (TPSA) is 32.5 Å². The second-order valence-corrected chi connectivity index (χ2v) is 2.37. The molecule has 1 aliphatic heterocycles. The third-order valence-electron chi connectivity index (χ3n) is 1.86. The van der Waals surface area contributed by atoms with Gasteiger partial charge in [0.25, 0.3) is 0 Å². The summed E-state index contributed by atoms with van der Waals surface area (Å²) in [4.78, 5) is 4.20. The molecule has 3 heteroatoms. The zero-order valence-electron chi connectivity index (χ0n) is 6.62. The second-order valence-electron chi connectivity index (χ2n) is 2.37. The van der Waals surface area contributed by atoms with Gasteiger partial charge in [0.15, 0.2) is 6.29 Å². The summed E-state index contributed by atoms with van der Waals surface area (Å²) >= 11 is 0. The van der Waals surface area contributed by atoms with Gasteiger partial charge in [0.2, 0.25) is 0 Å². The fraction of sp³-hybridized carbons (Fsp3) is 0.714. The first-order valence-corrected chi connectivity index (χ1v) is 3.75. The highest BCUT2D eigenvalue weighted by Crippen LogP contribution is 2.09. The molecule has 0 atom stereocenters. The molecule has 1 heterocycles. The molecule has 0 aromatic heterocycles. The van der Waals surface area contributed by atoms with Crippen LogP contribution in [-0.4, -0.2) is 29.2 Å². The van der Waals surface area contributed by atoms with Crippen LogP contribution in [0.15, 0.2) is 12.4 Å². The summed E-state index contributed by atoms with van der Waals surface area (Å²) in [6.07, 6.45) is 4.14. The maximum absolute atomic E-state index is 5.83. The molecule has 0 saturated carbocycles. The average molecular weight is 141 g/mol. The van der Waals surface area contributed by atoms with E-state index >= 15 is 0 Å². The van der Waals surface area contributed by atoms with Gasteiger partial charge in [0, 0.05) is 25.5 Å². The van der Waals surface area contributed by atoms with Crippen LogP contribution in [0, 0.1) is 0 Å². The van der Waals surface area contributed by atoms with Crippen molar-refractivity contribution in [2.24, 2.45) is 5.73 Å². The number of nitrogens with two attached hydrogens (primary N) is 1. The lowest BCUT2D eigenvalue weighted by Crippen LogP contribution is -2.45. The predicted octanol–water partition coefficient (Wildman–Crippen LogP) is 0.357. The standard InChI is InChI=1S/C7H15N3/c1-3-9-5-6-10(4-2)7(9)8/h5-7H,3-4,8H2,1-2H3. The van der Waals surface area contributed by atoms with Gasteiger partial charge < -0.3 is 9.80 Å². The molecule has 0 aliphatic carbocycles. The van der Waals surface area contributed by atoms with E-state index in [9.17, 15) is 0 Å². The smallest absolute Gasteiger partial charge is 0.154 e. The molecular formula is C7H15N3. The average Bonchev–Trinajstić information content (AvgIpc) is 2.30. The molecule has 58 valence electrons. The molecule has 0 bridgehead atoms. The Morgan fingerprint density at radius 3 is 1.80 bits per heavy atom. The lowest BCUT2D eigenvalue weighted by atomic mass is 10.6. The Hall–Kier alpha value is -0.700. The molecule has 0 aromatic carbocycles. The van der Waals surface area contributed by atoms with E-state index in [1.54, 1.807) is 0 Å². The molecule has 10 heavy (non-hydrogen) atoms. The van der Waals surface area contributed by atoms with Crippen LogP contribution in [0.4, 0.5) is 0 Å². The SMILES string of the molecule is CCN1C=CN(CC)C1N. The molecule has 0 aromatic rings. The summed E-state index contributed by atoms with van der Waals surface area (Å²) < 4.78 is 0. The highest BCUT2D eigenvalue weighted by atomic mass is 15.4. The first-order valence-electron chi connectivity index (χ1n) is 3.75. The molecule has 0 spiro atoms. The Morgan fingerprint density at radius 2 is 1.60 bits per heavy atom. The predicted molar refractivity (Wildman–Crippen MR) is 41.9 cm³/mol. The summed E-state index contributed by atoms with van der Waals surface area (Å²) in [5, 5.41) is 0. The van der Waals surface area contributed by atoms with Gasteiger partial charge in [-0.2, -0.15) is 0 Å². The molecule has 0 radical (unpaired) electrons. The lowest BCUT2D eigenvalue weighted by molar-refractivity contribution is 0.170. The number of hydrogen-bond acceptors (Lipinski definition) is 3. The van der Waals surface area contributed by atoms with E-state index in [1.165, 1.54) is 0 Å². The summed E-state index contributed by atoms with van der Waals surface area (Å²) in [6.45, 7) is 6.16. The molecule has 0 unspecified atom stereocenters. The minimum absolute atomic E-state index is 0.0648. The van der Waals surface area contributed by atoms with Crippen molar-refractivity contribution in [1.29, 1.82) is 0 Å². The molecule has 2 N–H and O–H groups in total. The van der Waals surface area contributed by atoms with Crippen molar-refractivity contribution < 1.29 is 0 Å². The van der Waals surface area contributed by atoms with Crippen molar-refractivity contribution in [3.8, 4) is 0 Å². The van der Waals surface area contributed by atoms with Crippen molar-refractivity contribution in [2.75, 3.05) is 13.1 Å². The third-order valence-corrected chi connectivity index (χ3v) is 1.86. The first kappa shape index (κ1) is 7.41. The van der Waals surface area contributed by atoms with Crippen LogP contribution in [0.3, 0.4) is 0 Å². The number of nitrogens with zero attached hydrogens (tertiary/aromatic N) is 2. The first-order chi connectivity index (χ1) is 4.79. The summed E-state index contributed by atoms with van der Waals surface area (Å²) in [6, 6.07) is 0. The Bertz CT molecular complexity index is 119. The van der Waals surface area contributed by atoms with E-state index in [2.05, 4.69) is 23.6 Å². The fourth-order valence-electron chi connectivity index (χ4n) is 1.12. The quantitative estimate of drug-likeness (QED) is 0.602. The maximum atomic E-state index is 5.83. The summed E-state index contributed by atoms with van der Waals surface area (Å²) in [5.74, 6) is 0. The van der Waals surface area contributed by atoms with Crippen LogP contribution in [0.5, 0.6) is 0 Å². The zero-order valence-corrected chi connectivity index (χ0v) is 6.62. The Labute approximate surface area is 62.1 Å². The maximum Gasteiger partial charge on any atom is 0.154 e. The van der Waals surface area contributed by atoms with Gasteiger partial charge in [-0.05, 0) is 13.8 Å². The molecule has 3 nitrogen and oxygen atoms in total. The fourth-order valence-corrected chi connectivity index (χ4v) is 1.12. The van der Waals surface area contributed by atoms with Crippen molar-refractivity contribution in [2.45, 2.75) is 20.1 Å². The van der Waals surface area contributed by atoms with E-state index in [-0.39, 0.29) is 6.29 Å². The van der Waals surface area contributed by atoms with Gasteiger partial charge in [-0.1, -0.05) is 0 Å². The highest BCUT2D eigenvalue weighted by molar-refractivity contribution is 4.93. The van der Waals surface area contributed by atoms with Crippen LogP contribution in [0.2, 0.25) is 0 Å². The molecule has 1 aliphatic rings. The summed E-state index contributed by atoms with van der Waals surface area (Å²) in [5.41, 5.74) is 5.83. The Kier molecular flexibility index (Phi) is 2.17. The minimum atomic E-state index is 0.0648. The molecule has 0 saturated heterocycles. The van der Waals surface area contributed by atoms with Gasteiger partial charge in [-0.15, -0.1) is 0 Å². The minimum Gasteiger partial charge on any atom is -0.344 e. The van der Waals surface area contributed by atoms with E-state index in [4.69, 9.17) is 5.73 Å². The highest BCUT2D eigenvalue weighted by Gasteiger charge is 2.18. The summed E-state index contributed by atoms with van der Waals surface area (Å²) in [7, 11) is 0. The van der Waals surface area contributed by atoms with Gasteiger partial charge in [-0.25, -0.2) is 0 Å². The Morgan fingerprint density at radius 1 is 1.20 bits per heavy atom. The molecule has 1 rings (SSSR count). The van der Waals surface area contributed by atoms with Crippen LogP contribution in [0.1, 0.15) is 13.8 Å². The third kappa shape index (κ3) is 1.09. The van der Waals surface area contributed by atoms with Crippen molar-refractivity contribution >= 4 is 0 Å². The van der Waals surface area contributed by atoms with Crippen molar-refractivity contribution in [3.05, 3.63) is 12.4 Å². The van der Waals surface area contributed by atoms with Gasteiger partial charge in [0.05, 0.1) is 0 Å². The molecule has 0 amide bonds. The van der Waals surface area contributed by atoms with Crippen LogP contribution in [0.25, 0.3) is 0 Å². The number of hydrogen-bond donors (Lipinski definition) is 1. The van der Waals surface area contributed by atoms with Gasteiger partial charge >= 0.3 is 0 Å².